The number of piperidine rings is 1. The number of pyridine rings is 1. The topological polar surface area (TPSA) is 86.8 Å². The summed E-state index contributed by atoms with van der Waals surface area (Å²) in [5, 5.41) is 6.43. The summed E-state index contributed by atoms with van der Waals surface area (Å²) < 4.78 is 5.67. The number of nitrogens with one attached hydrogen (secondary N) is 2. The number of hydrogen-bond acceptors (Lipinski definition) is 6. The molecule has 8 nitrogen and oxygen atoms in total. The Balaban J connectivity index is 1.26. The summed E-state index contributed by atoms with van der Waals surface area (Å²) in [7, 11) is 1.70. The molecule has 1 atom stereocenters. The second kappa shape index (κ2) is 11.4. The van der Waals surface area contributed by atoms with Crippen LogP contribution >= 0.6 is 0 Å². The molecule has 0 bridgehead atoms. The van der Waals surface area contributed by atoms with E-state index in [2.05, 4.69) is 44.8 Å². The van der Waals surface area contributed by atoms with Crippen LogP contribution in [0.3, 0.4) is 0 Å². The van der Waals surface area contributed by atoms with Gasteiger partial charge in [-0.2, -0.15) is 0 Å². The lowest BCUT2D eigenvalue weighted by molar-refractivity contribution is -0.129. The highest BCUT2D eigenvalue weighted by Gasteiger charge is 2.22. The van der Waals surface area contributed by atoms with Gasteiger partial charge in [-0.3, -0.25) is 14.5 Å². The number of rotatable bonds is 8. The summed E-state index contributed by atoms with van der Waals surface area (Å²) in [6.45, 7) is 6.22. The number of aromatic nitrogens is 1. The average molecular weight is 466 g/mol. The molecule has 182 valence electrons. The second-order valence-corrected chi connectivity index (χ2v) is 9.18. The van der Waals surface area contributed by atoms with E-state index in [0.29, 0.717) is 17.9 Å². The van der Waals surface area contributed by atoms with Crippen LogP contribution in [-0.4, -0.2) is 78.6 Å². The minimum atomic E-state index is -0.136. The summed E-state index contributed by atoms with van der Waals surface area (Å²) in [5.41, 5.74) is 3.37. The Labute approximate surface area is 201 Å². The number of hydrogen-bond donors (Lipinski definition) is 2. The largest absolute Gasteiger partial charge is 0.378 e. The number of nitrogens with zero attached hydrogens (tertiary/aromatic N) is 3. The van der Waals surface area contributed by atoms with Gasteiger partial charge in [0.25, 0.3) is 5.91 Å². The van der Waals surface area contributed by atoms with Crippen LogP contribution < -0.4 is 10.6 Å². The van der Waals surface area contributed by atoms with E-state index < -0.39 is 0 Å². The Kier molecular flexibility index (Phi) is 8.13. The molecule has 1 aromatic carbocycles. The highest BCUT2D eigenvalue weighted by Crippen LogP contribution is 2.19. The summed E-state index contributed by atoms with van der Waals surface area (Å²) in [5.74, 6) is 0.668. The molecule has 0 saturated carbocycles. The van der Waals surface area contributed by atoms with Gasteiger partial charge in [0.2, 0.25) is 5.91 Å². The number of likely N-dealkylation sites (tertiary alicyclic amines) is 1. The van der Waals surface area contributed by atoms with E-state index in [4.69, 9.17) is 4.74 Å². The van der Waals surface area contributed by atoms with E-state index in [1.165, 1.54) is 11.1 Å². The molecule has 3 heterocycles. The monoisotopic (exact) mass is 465 g/mol. The van der Waals surface area contributed by atoms with Gasteiger partial charge in [-0.05, 0) is 42.5 Å². The molecule has 8 heteroatoms. The van der Waals surface area contributed by atoms with Crippen LogP contribution in [0, 0.1) is 0 Å². The summed E-state index contributed by atoms with van der Waals surface area (Å²) >= 11 is 0. The molecule has 0 radical (unpaired) electrons. The van der Waals surface area contributed by atoms with Gasteiger partial charge < -0.3 is 20.3 Å². The third-order valence-electron chi connectivity index (χ3n) is 6.81. The minimum Gasteiger partial charge on any atom is -0.378 e. The van der Waals surface area contributed by atoms with Gasteiger partial charge in [0.05, 0.1) is 6.10 Å². The molecule has 2 aliphatic heterocycles. The maximum Gasteiger partial charge on any atom is 0.251 e. The van der Waals surface area contributed by atoms with Gasteiger partial charge in [0.1, 0.15) is 5.82 Å². The van der Waals surface area contributed by atoms with Crippen molar-refractivity contribution in [3.05, 3.63) is 59.3 Å². The molecule has 2 aliphatic rings. The number of ether oxygens (including phenoxy) is 1. The van der Waals surface area contributed by atoms with Crippen molar-refractivity contribution in [1.29, 1.82) is 0 Å². The molecule has 1 aromatic heterocycles. The van der Waals surface area contributed by atoms with E-state index >= 15 is 0 Å². The fourth-order valence-corrected chi connectivity index (χ4v) is 4.73. The molecular weight excluding hydrogens is 430 g/mol. The molecule has 2 amide bonds. The van der Waals surface area contributed by atoms with Crippen molar-refractivity contribution < 1.29 is 14.3 Å². The van der Waals surface area contributed by atoms with Gasteiger partial charge in [-0.25, -0.2) is 4.98 Å². The van der Waals surface area contributed by atoms with Crippen molar-refractivity contribution in [1.82, 2.24) is 20.1 Å². The second-order valence-electron chi connectivity index (χ2n) is 9.18. The molecule has 0 aliphatic carbocycles. The van der Waals surface area contributed by atoms with Gasteiger partial charge in [0.15, 0.2) is 0 Å². The summed E-state index contributed by atoms with van der Waals surface area (Å²) in [6.07, 6.45) is 4.35. The SMILES string of the molecule is COC(CNC(=O)c1ccnc(NC2CCN(C(C)=O)CC2)c1)CN1CCc2ccccc2C1. The molecule has 2 N–H and O–H groups in total. The predicted molar refractivity (Wildman–Crippen MR) is 132 cm³/mol. The summed E-state index contributed by atoms with van der Waals surface area (Å²) in [6, 6.07) is 12.3. The van der Waals surface area contributed by atoms with E-state index in [1.807, 2.05) is 4.90 Å². The molecule has 2 aromatic rings. The maximum atomic E-state index is 12.8. The first-order valence-electron chi connectivity index (χ1n) is 12.1. The Morgan fingerprint density at radius 3 is 2.65 bits per heavy atom. The minimum absolute atomic E-state index is 0.0832. The summed E-state index contributed by atoms with van der Waals surface area (Å²) in [4.78, 5) is 32.9. The van der Waals surface area contributed by atoms with Crippen LogP contribution in [0.4, 0.5) is 5.82 Å². The highest BCUT2D eigenvalue weighted by molar-refractivity contribution is 5.94. The van der Waals surface area contributed by atoms with Crippen LogP contribution in [0.2, 0.25) is 0 Å². The van der Waals surface area contributed by atoms with Gasteiger partial charge >= 0.3 is 0 Å². The quantitative estimate of drug-likeness (QED) is 0.622. The van der Waals surface area contributed by atoms with Crippen molar-refractivity contribution in [3.63, 3.8) is 0 Å². The van der Waals surface area contributed by atoms with Crippen molar-refractivity contribution in [2.24, 2.45) is 0 Å². The predicted octanol–water partition coefficient (Wildman–Crippen LogP) is 2.31. The van der Waals surface area contributed by atoms with Gasteiger partial charge in [0, 0.05) is 71.1 Å². The molecule has 1 unspecified atom stereocenters. The molecule has 4 rings (SSSR count). The van der Waals surface area contributed by atoms with E-state index in [-0.39, 0.29) is 24.0 Å². The van der Waals surface area contributed by atoms with E-state index in [0.717, 1.165) is 52.0 Å². The number of amides is 2. The average Bonchev–Trinajstić information content (AvgIpc) is 2.86. The zero-order valence-corrected chi connectivity index (χ0v) is 20.1. The Bertz CT molecular complexity index is 990. The van der Waals surface area contributed by atoms with Crippen molar-refractivity contribution in [2.45, 2.75) is 44.9 Å². The number of carbonyl (C=O) groups is 2. The number of carbonyl (C=O) groups excluding carboxylic acids is 2. The lowest BCUT2D eigenvalue weighted by atomic mass is 10.00. The Morgan fingerprint density at radius 2 is 1.91 bits per heavy atom. The number of fused-ring (bicyclic) bond motifs is 1. The Hall–Kier alpha value is -2.97. The standard InChI is InChI=1S/C26H35N5O3/c1-19(32)31-13-9-23(10-14-31)29-25-15-21(7-11-27-25)26(33)28-16-24(34-2)18-30-12-8-20-5-3-4-6-22(20)17-30/h3-7,11,15,23-24H,8-10,12-14,16-18H2,1-2H3,(H,27,29)(H,28,33). The zero-order chi connectivity index (χ0) is 23.9. The van der Waals surface area contributed by atoms with Crippen molar-refractivity contribution in [3.8, 4) is 0 Å². The van der Waals surface area contributed by atoms with Crippen molar-refractivity contribution >= 4 is 17.6 Å². The zero-order valence-electron chi connectivity index (χ0n) is 20.1. The fourth-order valence-electron chi connectivity index (χ4n) is 4.73. The first-order chi connectivity index (χ1) is 16.5. The van der Waals surface area contributed by atoms with E-state index in [9.17, 15) is 9.59 Å². The molecule has 1 fully saturated rings. The number of anilines is 1. The fraction of sp³-hybridized carbons (Fsp3) is 0.500. The lowest BCUT2D eigenvalue weighted by Gasteiger charge is -2.32. The van der Waals surface area contributed by atoms with Crippen molar-refractivity contribution in [2.75, 3.05) is 45.2 Å². The first-order valence-corrected chi connectivity index (χ1v) is 12.1. The molecular formula is C26H35N5O3. The maximum absolute atomic E-state index is 12.8. The third-order valence-corrected chi connectivity index (χ3v) is 6.81. The van der Waals surface area contributed by atoms with Crippen LogP contribution in [0.1, 0.15) is 41.3 Å². The molecule has 0 spiro atoms. The number of benzene rings is 1. The molecule has 34 heavy (non-hydrogen) atoms. The van der Waals surface area contributed by atoms with Gasteiger partial charge in [-0.1, -0.05) is 24.3 Å². The van der Waals surface area contributed by atoms with Crippen LogP contribution in [-0.2, 0) is 22.5 Å². The first kappa shape index (κ1) is 24.2. The van der Waals surface area contributed by atoms with Crippen LogP contribution in [0.15, 0.2) is 42.6 Å². The molecule has 1 saturated heterocycles. The number of methoxy groups -OCH3 is 1. The third kappa shape index (κ3) is 6.33. The van der Waals surface area contributed by atoms with Crippen LogP contribution in [0.25, 0.3) is 0 Å². The van der Waals surface area contributed by atoms with Gasteiger partial charge in [-0.15, -0.1) is 0 Å². The van der Waals surface area contributed by atoms with E-state index in [1.54, 1.807) is 32.4 Å². The smallest absolute Gasteiger partial charge is 0.251 e. The lowest BCUT2D eigenvalue weighted by Crippen LogP contribution is -2.43. The highest BCUT2D eigenvalue weighted by atomic mass is 16.5. The normalized spacial score (nSPS) is 17.6. The Morgan fingerprint density at radius 1 is 1.15 bits per heavy atom. The van der Waals surface area contributed by atoms with Crippen LogP contribution in [0.5, 0.6) is 0 Å².